The summed E-state index contributed by atoms with van der Waals surface area (Å²) in [6, 6.07) is 0. The molecule has 0 heterocycles. The Hall–Kier alpha value is -1.71. The molecular formula is C26H48O9. The normalized spacial score (nSPS) is 11.3. The van der Waals surface area contributed by atoms with Gasteiger partial charge in [-0.3, -0.25) is 14.4 Å². The summed E-state index contributed by atoms with van der Waals surface area (Å²) in [5.74, 6) is -0.845. The van der Waals surface area contributed by atoms with E-state index in [-0.39, 0.29) is 76.8 Å². The van der Waals surface area contributed by atoms with Gasteiger partial charge >= 0.3 is 17.9 Å². The van der Waals surface area contributed by atoms with E-state index in [4.69, 9.17) is 28.4 Å². The van der Waals surface area contributed by atoms with Gasteiger partial charge in [0.25, 0.3) is 0 Å². The predicted octanol–water partition coefficient (Wildman–Crippen LogP) is 4.24. The fraction of sp³-hybridized carbons (Fsp3) is 0.885. The molecule has 0 saturated heterocycles. The summed E-state index contributed by atoms with van der Waals surface area (Å²) >= 11 is 0. The quantitative estimate of drug-likeness (QED) is 0.108. The van der Waals surface area contributed by atoms with Crippen LogP contribution in [-0.4, -0.2) is 77.4 Å². The molecule has 0 aliphatic carbocycles. The lowest BCUT2D eigenvalue weighted by molar-refractivity contribution is -0.145. The van der Waals surface area contributed by atoms with Gasteiger partial charge in [-0.05, 0) is 19.3 Å². The van der Waals surface area contributed by atoms with Crippen molar-refractivity contribution in [2.24, 2.45) is 5.41 Å². The predicted molar refractivity (Wildman–Crippen MR) is 132 cm³/mol. The van der Waals surface area contributed by atoms with Gasteiger partial charge in [0, 0.05) is 5.41 Å². The van der Waals surface area contributed by atoms with E-state index in [9.17, 15) is 14.4 Å². The van der Waals surface area contributed by atoms with Crippen LogP contribution in [0.1, 0.15) is 85.5 Å². The Bertz CT molecular complexity index is 477. The van der Waals surface area contributed by atoms with Gasteiger partial charge in [-0.15, -0.1) is 0 Å². The molecule has 0 aliphatic rings. The first-order chi connectivity index (χ1) is 16.9. The molecular weight excluding hydrogens is 456 g/mol. The van der Waals surface area contributed by atoms with Crippen LogP contribution >= 0.6 is 0 Å². The second-order valence-electron chi connectivity index (χ2n) is 8.94. The number of rotatable bonds is 24. The summed E-state index contributed by atoms with van der Waals surface area (Å²) in [6.45, 7) is 10.9. The maximum absolute atomic E-state index is 11.7. The van der Waals surface area contributed by atoms with Crippen LogP contribution in [0.3, 0.4) is 0 Å². The van der Waals surface area contributed by atoms with Gasteiger partial charge in [-0.25, -0.2) is 0 Å². The van der Waals surface area contributed by atoms with Crippen molar-refractivity contribution in [3.8, 4) is 0 Å². The molecule has 0 unspecified atom stereocenters. The first-order valence-electron chi connectivity index (χ1n) is 13.1. The summed E-state index contributed by atoms with van der Waals surface area (Å²) in [5, 5.41) is 0. The Labute approximate surface area is 211 Å². The molecule has 0 aliphatic heterocycles. The smallest absolute Gasteiger partial charge is 0.308 e. The van der Waals surface area contributed by atoms with E-state index in [0.717, 1.165) is 38.5 Å². The van der Waals surface area contributed by atoms with Crippen molar-refractivity contribution < 1.29 is 42.8 Å². The molecule has 0 amide bonds. The van der Waals surface area contributed by atoms with E-state index in [1.54, 1.807) is 0 Å². The van der Waals surface area contributed by atoms with E-state index in [1.807, 2.05) is 27.7 Å². The lowest BCUT2D eigenvalue weighted by Gasteiger charge is -2.29. The van der Waals surface area contributed by atoms with Gasteiger partial charge in [0.05, 0.1) is 78.7 Å². The topological polar surface area (TPSA) is 107 Å². The number of esters is 3. The van der Waals surface area contributed by atoms with Crippen molar-refractivity contribution in [1.29, 1.82) is 0 Å². The maximum Gasteiger partial charge on any atom is 0.308 e. The van der Waals surface area contributed by atoms with Crippen molar-refractivity contribution in [2.75, 3.05) is 59.5 Å². The van der Waals surface area contributed by atoms with E-state index in [1.165, 1.54) is 0 Å². The van der Waals surface area contributed by atoms with Gasteiger partial charge in [0.2, 0.25) is 0 Å². The average Bonchev–Trinajstić information content (AvgIpc) is 2.83. The Morgan fingerprint density at radius 1 is 0.514 bits per heavy atom. The number of carbonyl (C=O) groups is 3. The fourth-order valence-electron chi connectivity index (χ4n) is 2.75. The zero-order valence-corrected chi connectivity index (χ0v) is 22.4. The summed E-state index contributed by atoms with van der Waals surface area (Å²) < 4.78 is 32.6. The van der Waals surface area contributed by atoms with Gasteiger partial charge in [0.1, 0.15) is 0 Å². The lowest BCUT2D eigenvalue weighted by atomic mass is 9.94. The molecule has 206 valence electrons. The second-order valence-corrected chi connectivity index (χ2v) is 8.94. The third-order valence-corrected chi connectivity index (χ3v) is 4.99. The molecule has 0 fully saturated rings. The SMILES string of the molecule is CCCCOC(=O)CCOCC(C)(COCCC(=O)OCCCC)COCCC(=O)OCCCC. The first kappa shape index (κ1) is 33.3. The maximum atomic E-state index is 11.7. The van der Waals surface area contributed by atoms with Crippen LogP contribution in [0, 0.1) is 5.41 Å². The van der Waals surface area contributed by atoms with Gasteiger partial charge in [-0.2, -0.15) is 0 Å². The van der Waals surface area contributed by atoms with E-state index in [2.05, 4.69) is 0 Å². The molecule has 0 aromatic carbocycles. The van der Waals surface area contributed by atoms with Crippen molar-refractivity contribution in [1.82, 2.24) is 0 Å². The zero-order chi connectivity index (χ0) is 26.2. The second kappa shape index (κ2) is 22.7. The molecule has 0 N–H and O–H groups in total. The van der Waals surface area contributed by atoms with E-state index in [0.29, 0.717) is 19.8 Å². The highest BCUT2D eigenvalue weighted by Gasteiger charge is 2.26. The van der Waals surface area contributed by atoms with Gasteiger partial charge < -0.3 is 28.4 Å². The monoisotopic (exact) mass is 504 g/mol. The standard InChI is InChI=1S/C26H48O9/c1-5-8-14-33-23(27)11-17-30-20-26(4,21-31-18-12-24(28)34-15-9-6-2)22-32-19-13-25(29)35-16-10-7-3/h5-22H2,1-4H3. The lowest BCUT2D eigenvalue weighted by Crippen LogP contribution is -2.35. The zero-order valence-electron chi connectivity index (χ0n) is 22.4. The van der Waals surface area contributed by atoms with Gasteiger partial charge in [0.15, 0.2) is 0 Å². The summed E-state index contributed by atoms with van der Waals surface area (Å²) in [5.41, 5.74) is -0.523. The number of ether oxygens (including phenoxy) is 6. The highest BCUT2D eigenvalue weighted by atomic mass is 16.5. The Kier molecular flexibility index (Phi) is 21.6. The van der Waals surface area contributed by atoms with E-state index >= 15 is 0 Å². The van der Waals surface area contributed by atoms with Crippen LogP contribution in [-0.2, 0) is 42.8 Å². The highest BCUT2D eigenvalue weighted by Crippen LogP contribution is 2.19. The molecule has 0 aromatic heterocycles. The molecule has 0 radical (unpaired) electrons. The van der Waals surface area contributed by atoms with Crippen LogP contribution in [0.2, 0.25) is 0 Å². The third-order valence-electron chi connectivity index (χ3n) is 4.99. The number of hydrogen-bond acceptors (Lipinski definition) is 9. The molecule has 0 saturated carbocycles. The van der Waals surface area contributed by atoms with Crippen LogP contribution in [0.15, 0.2) is 0 Å². The van der Waals surface area contributed by atoms with Crippen molar-refractivity contribution in [3.05, 3.63) is 0 Å². The third kappa shape index (κ3) is 21.3. The minimum Gasteiger partial charge on any atom is -0.466 e. The van der Waals surface area contributed by atoms with E-state index < -0.39 is 5.41 Å². The Balaban J connectivity index is 4.42. The molecule has 0 atom stereocenters. The Morgan fingerprint density at radius 2 is 0.800 bits per heavy atom. The number of carbonyl (C=O) groups excluding carboxylic acids is 3. The van der Waals surface area contributed by atoms with Crippen LogP contribution in [0.4, 0.5) is 0 Å². The van der Waals surface area contributed by atoms with Crippen LogP contribution < -0.4 is 0 Å². The molecule has 0 spiro atoms. The minimum absolute atomic E-state index is 0.175. The number of unbranched alkanes of at least 4 members (excludes halogenated alkanes) is 3. The molecule has 0 bridgehead atoms. The average molecular weight is 505 g/mol. The molecule has 9 nitrogen and oxygen atoms in total. The van der Waals surface area contributed by atoms with Crippen LogP contribution in [0.25, 0.3) is 0 Å². The van der Waals surface area contributed by atoms with Gasteiger partial charge in [-0.1, -0.05) is 47.0 Å². The minimum atomic E-state index is -0.523. The molecule has 9 heteroatoms. The summed E-state index contributed by atoms with van der Waals surface area (Å²) in [4.78, 5) is 35.2. The van der Waals surface area contributed by atoms with Crippen molar-refractivity contribution in [2.45, 2.75) is 85.5 Å². The fourth-order valence-corrected chi connectivity index (χ4v) is 2.75. The van der Waals surface area contributed by atoms with Crippen LogP contribution in [0.5, 0.6) is 0 Å². The van der Waals surface area contributed by atoms with Crippen molar-refractivity contribution >= 4 is 17.9 Å². The first-order valence-corrected chi connectivity index (χ1v) is 13.1. The summed E-state index contributed by atoms with van der Waals surface area (Å²) in [6.07, 6.45) is 5.96. The largest absolute Gasteiger partial charge is 0.466 e. The molecule has 0 rings (SSSR count). The number of hydrogen-bond donors (Lipinski definition) is 0. The Morgan fingerprint density at radius 3 is 1.06 bits per heavy atom. The van der Waals surface area contributed by atoms with Crippen molar-refractivity contribution in [3.63, 3.8) is 0 Å². The molecule has 35 heavy (non-hydrogen) atoms. The summed E-state index contributed by atoms with van der Waals surface area (Å²) in [7, 11) is 0. The highest BCUT2D eigenvalue weighted by molar-refractivity contribution is 5.70. The molecule has 0 aromatic rings.